The summed E-state index contributed by atoms with van der Waals surface area (Å²) in [7, 11) is 0. The maximum Gasteiger partial charge on any atom is 0.175 e. The first kappa shape index (κ1) is 21.1. The molecule has 0 unspecified atom stereocenters. The molecule has 0 heterocycles. The SMILES string of the molecule is CCOc1cc(C=Nc2cccc(C)c2C)cc(Br)c1OCc1ccc(F)cc1. The summed E-state index contributed by atoms with van der Waals surface area (Å²) in [4.78, 5) is 4.63. The lowest BCUT2D eigenvalue weighted by Crippen LogP contribution is -2.01. The predicted octanol–water partition coefficient (Wildman–Crippen LogP) is 6.93. The lowest BCUT2D eigenvalue weighted by atomic mass is 10.1. The Labute approximate surface area is 179 Å². The van der Waals surface area contributed by atoms with Crippen molar-refractivity contribution < 1.29 is 13.9 Å². The van der Waals surface area contributed by atoms with E-state index in [1.807, 2.05) is 37.4 Å². The summed E-state index contributed by atoms with van der Waals surface area (Å²) in [6, 6.07) is 16.2. The second-order valence-electron chi connectivity index (χ2n) is 6.66. The van der Waals surface area contributed by atoms with Gasteiger partial charge in [0.25, 0.3) is 0 Å². The van der Waals surface area contributed by atoms with Crippen molar-refractivity contribution in [2.75, 3.05) is 6.61 Å². The highest BCUT2D eigenvalue weighted by atomic mass is 79.9. The molecule has 3 aromatic carbocycles. The molecule has 0 aliphatic heterocycles. The van der Waals surface area contributed by atoms with Gasteiger partial charge in [-0.1, -0.05) is 24.3 Å². The van der Waals surface area contributed by atoms with Crippen molar-refractivity contribution in [3.8, 4) is 11.5 Å². The van der Waals surface area contributed by atoms with Crippen LogP contribution in [0.15, 0.2) is 64.1 Å². The monoisotopic (exact) mass is 455 g/mol. The summed E-state index contributed by atoms with van der Waals surface area (Å²) < 4.78 is 25.6. The van der Waals surface area contributed by atoms with E-state index >= 15 is 0 Å². The van der Waals surface area contributed by atoms with Gasteiger partial charge in [0.2, 0.25) is 0 Å². The molecule has 150 valence electrons. The van der Waals surface area contributed by atoms with E-state index in [-0.39, 0.29) is 5.82 Å². The van der Waals surface area contributed by atoms with Crippen LogP contribution in [0.25, 0.3) is 0 Å². The third-order valence-corrected chi connectivity index (χ3v) is 5.15. The molecule has 5 heteroatoms. The number of hydrogen-bond acceptors (Lipinski definition) is 3. The number of ether oxygens (including phenoxy) is 2. The number of aryl methyl sites for hydroxylation is 1. The van der Waals surface area contributed by atoms with Gasteiger partial charge in [-0.25, -0.2) is 4.39 Å². The predicted molar refractivity (Wildman–Crippen MR) is 119 cm³/mol. The highest BCUT2D eigenvalue weighted by Crippen LogP contribution is 2.37. The van der Waals surface area contributed by atoms with Gasteiger partial charge in [-0.2, -0.15) is 0 Å². The maximum absolute atomic E-state index is 13.1. The first-order valence-corrected chi connectivity index (χ1v) is 10.2. The molecule has 0 aromatic heterocycles. The second kappa shape index (κ2) is 9.70. The van der Waals surface area contributed by atoms with E-state index in [1.54, 1.807) is 12.1 Å². The summed E-state index contributed by atoms with van der Waals surface area (Å²) in [6.07, 6.45) is 1.82. The van der Waals surface area contributed by atoms with Gasteiger partial charge in [-0.3, -0.25) is 4.99 Å². The fraction of sp³-hybridized carbons (Fsp3) is 0.208. The zero-order chi connectivity index (χ0) is 20.8. The Morgan fingerprint density at radius 3 is 2.52 bits per heavy atom. The first-order valence-electron chi connectivity index (χ1n) is 9.41. The molecule has 0 amide bonds. The quantitative estimate of drug-likeness (QED) is 0.361. The molecule has 3 nitrogen and oxygen atoms in total. The van der Waals surface area contributed by atoms with Gasteiger partial charge < -0.3 is 9.47 Å². The minimum Gasteiger partial charge on any atom is -0.490 e. The van der Waals surface area contributed by atoms with E-state index < -0.39 is 0 Å². The van der Waals surface area contributed by atoms with Crippen molar-refractivity contribution in [1.82, 2.24) is 0 Å². The van der Waals surface area contributed by atoms with Crippen LogP contribution in [0, 0.1) is 19.7 Å². The van der Waals surface area contributed by atoms with Crippen LogP contribution in [0.1, 0.15) is 29.2 Å². The Hall–Kier alpha value is -2.66. The van der Waals surface area contributed by atoms with Gasteiger partial charge in [-0.15, -0.1) is 0 Å². The molecule has 0 saturated carbocycles. The van der Waals surface area contributed by atoms with Gasteiger partial charge in [0.1, 0.15) is 12.4 Å². The molecule has 0 aliphatic rings. The Kier molecular flexibility index (Phi) is 7.04. The second-order valence-corrected chi connectivity index (χ2v) is 7.51. The standard InChI is InChI=1S/C24H23BrFNO2/c1-4-28-23-13-19(14-27-22-7-5-6-16(2)17(22)3)12-21(25)24(23)29-15-18-8-10-20(26)11-9-18/h5-14H,4,15H2,1-3H3. The molecule has 3 aromatic rings. The lowest BCUT2D eigenvalue weighted by molar-refractivity contribution is 0.267. The topological polar surface area (TPSA) is 30.8 Å². The maximum atomic E-state index is 13.1. The lowest BCUT2D eigenvalue weighted by Gasteiger charge is -2.15. The van der Waals surface area contributed by atoms with Crippen molar-refractivity contribution in [3.05, 3.63) is 87.1 Å². The van der Waals surface area contributed by atoms with Crippen molar-refractivity contribution in [2.24, 2.45) is 4.99 Å². The van der Waals surface area contributed by atoms with Gasteiger partial charge in [0, 0.05) is 6.21 Å². The summed E-state index contributed by atoms with van der Waals surface area (Å²) in [5.41, 5.74) is 5.08. The summed E-state index contributed by atoms with van der Waals surface area (Å²) in [5, 5.41) is 0. The van der Waals surface area contributed by atoms with E-state index in [9.17, 15) is 4.39 Å². The number of aliphatic imine (C=N–C) groups is 1. The Morgan fingerprint density at radius 1 is 1.03 bits per heavy atom. The number of hydrogen-bond donors (Lipinski definition) is 0. The van der Waals surface area contributed by atoms with Crippen molar-refractivity contribution in [2.45, 2.75) is 27.4 Å². The highest BCUT2D eigenvalue weighted by Gasteiger charge is 2.12. The fourth-order valence-corrected chi connectivity index (χ4v) is 3.40. The van der Waals surface area contributed by atoms with Crippen LogP contribution >= 0.6 is 15.9 Å². The van der Waals surface area contributed by atoms with E-state index in [2.05, 4.69) is 40.8 Å². The minimum absolute atomic E-state index is 0.266. The average molecular weight is 456 g/mol. The van der Waals surface area contributed by atoms with Crippen molar-refractivity contribution >= 4 is 27.8 Å². The van der Waals surface area contributed by atoms with E-state index in [0.717, 1.165) is 26.9 Å². The van der Waals surface area contributed by atoms with Gasteiger partial charge in [-0.05, 0) is 89.3 Å². The Bertz CT molecular complexity index is 1020. The third kappa shape index (κ3) is 5.45. The zero-order valence-electron chi connectivity index (χ0n) is 16.7. The van der Waals surface area contributed by atoms with Crippen LogP contribution in [-0.2, 0) is 6.61 Å². The normalized spacial score (nSPS) is 11.1. The number of rotatable bonds is 7. The molecule has 0 fully saturated rings. The van der Waals surface area contributed by atoms with Crippen LogP contribution < -0.4 is 9.47 Å². The van der Waals surface area contributed by atoms with Crippen molar-refractivity contribution in [1.29, 1.82) is 0 Å². The Morgan fingerprint density at radius 2 is 1.79 bits per heavy atom. The highest BCUT2D eigenvalue weighted by molar-refractivity contribution is 9.10. The van der Waals surface area contributed by atoms with Crippen LogP contribution in [0.5, 0.6) is 11.5 Å². The smallest absolute Gasteiger partial charge is 0.175 e. The zero-order valence-corrected chi connectivity index (χ0v) is 18.3. The first-order chi connectivity index (χ1) is 14.0. The number of benzene rings is 3. The largest absolute Gasteiger partial charge is 0.490 e. The Balaban J connectivity index is 1.84. The molecule has 3 rings (SSSR count). The van der Waals surface area contributed by atoms with Gasteiger partial charge in [0.15, 0.2) is 11.5 Å². The third-order valence-electron chi connectivity index (χ3n) is 4.56. The molecule has 0 spiro atoms. The van der Waals surface area contributed by atoms with E-state index in [4.69, 9.17) is 9.47 Å². The van der Waals surface area contributed by atoms with Crippen LogP contribution in [-0.4, -0.2) is 12.8 Å². The van der Waals surface area contributed by atoms with Crippen molar-refractivity contribution in [3.63, 3.8) is 0 Å². The van der Waals surface area contributed by atoms with Crippen LogP contribution in [0.4, 0.5) is 10.1 Å². The molecule has 0 aliphatic carbocycles. The minimum atomic E-state index is -0.266. The molecule has 29 heavy (non-hydrogen) atoms. The number of halogens is 2. The van der Waals surface area contributed by atoms with Crippen LogP contribution in [0.3, 0.4) is 0 Å². The summed E-state index contributed by atoms with van der Waals surface area (Å²) in [5.74, 6) is 0.976. The molecular weight excluding hydrogens is 433 g/mol. The van der Waals surface area contributed by atoms with E-state index in [1.165, 1.54) is 17.7 Å². The molecule has 0 bridgehead atoms. The fourth-order valence-electron chi connectivity index (χ4n) is 2.82. The summed E-state index contributed by atoms with van der Waals surface area (Å²) >= 11 is 3.58. The average Bonchev–Trinajstić information content (AvgIpc) is 2.70. The molecule has 0 atom stereocenters. The van der Waals surface area contributed by atoms with Crippen LogP contribution in [0.2, 0.25) is 0 Å². The van der Waals surface area contributed by atoms with Gasteiger partial charge in [0.05, 0.1) is 16.8 Å². The summed E-state index contributed by atoms with van der Waals surface area (Å²) in [6.45, 7) is 6.89. The number of nitrogens with zero attached hydrogens (tertiary/aromatic N) is 1. The molecule has 0 saturated heterocycles. The molecule has 0 radical (unpaired) electrons. The van der Waals surface area contributed by atoms with Gasteiger partial charge >= 0.3 is 0 Å². The van der Waals surface area contributed by atoms with E-state index in [0.29, 0.717) is 24.7 Å². The molecule has 0 N–H and O–H groups in total. The molecular formula is C24H23BrFNO2.